The second-order valence-electron chi connectivity index (χ2n) is 6.49. The van der Waals surface area contributed by atoms with Crippen molar-refractivity contribution in [3.8, 4) is 5.75 Å². The van der Waals surface area contributed by atoms with Crippen LogP contribution in [0.3, 0.4) is 0 Å². The summed E-state index contributed by atoms with van der Waals surface area (Å²) < 4.78 is 5.56. The summed E-state index contributed by atoms with van der Waals surface area (Å²) in [7, 11) is 0. The van der Waals surface area contributed by atoms with Crippen LogP contribution in [0, 0.1) is 6.92 Å². The van der Waals surface area contributed by atoms with E-state index in [1.54, 1.807) is 11.8 Å². The first-order valence-electron chi connectivity index (χ1n) is 8.48. The van der Waals surface area contributed by atoms with E-state index < -0.39 is 6.10 Å². The number of carbonyl (C=O) groups excluding carboxylic acids is 1. The Balaban J connectivity index is 1.68. The molecule has 0 saturated heterocycles. The van der Waals surface area contributed by atoms with Gasteiger partial charge < -0.3 is 9.57 Å². The van der Waals surface area contributed by atoms with E-state index >= 15 is 0 Å². The highest BCUT2D eigenvalue weighted by Gasteiger charge is 2.32. The van der Waals surface area contributed by atoms with Crippen LogP contribution in [0.4, 0.5) is 0 Å². The van der Waals surface area contributed by atoms with Crippen LogP contribution in [0.5, 0.6) is 5.75 Å². The Kier molecular flexibility index (Phi) is 3.92. The minimum absolute atomic E-state index is 0.0812. The summed E-state index contributed by atoms with van der Waals surface area (Å²) in [6.07, 6.45) is 0.298. The number of fused-ring (bicyclic) bond motifs is 1. The van der Waals surface area contributed by atoms with Gasteiger partial charge in [-0.25, -0.2) is 0 Å². The van der Waals surface area contributed by atoms with Gasteiger partial charge in [0.15, 0.2) is 5.84 Å². The summed E-state index contributed by atoms with van der Waals surface area (Å²) in [5, 5.41) is 4.23. The lowest BCUT2D eigenvalue weighted by Gasteiger charge is -2.30. The zero-order valence-corrected chi connectivity index (χ0v) is 14.4. The number of nitrogens with zero attached hydrogens (tertiary/aromatic N) is 2. The quantitative estimate of drug-likeness (QED) is 0.866. The van der Waals surface area contributed by atoms with Gasteiger partial charge in [-0.05, 0) is 43.2 Å². The molecule has 5 nitrogen and oxygen atoms in total. The standard InChI is InChI=1S/C20H20N2O3/c1-13-3-5-15(6-4-13)12-22-19(21-25-14(2)20(22)23)17-7-8-18-16(11-17)9-10-24-18/h3-8,11,14H,9-10,12H2,1-2H3. The summed E-state index contributed by atoms with van der Waals surface area (Å²) in [4.78, 5) is 19.7. The van der Waals surface area contributed by atoms with Crippen LogP contribution in [-0.2, 0) is 22.6 Å². The number of amides is 1. The number of benzene rings is 2. The van der Waals surface area contributed by atoms with Gasteiger partial charge in [0.2, 0.25) is 6.10 Å². The third-order valence-electron chi connectivity index (χ3n) is 4.58. The number of amidine groups is 1. The van der Waals surface area contributed by atoms with Crippen molar-refractivity contribution in [2.24, 2.45) is 5.16 Å². The molecule has 0 N–H and O–H groups in total. The zero-order valence-electron chi connectivity index (χ0n) is 14.4. The van der Waals surface area contributed by atoms with Gasteiger partial charge in [-0.2, -0.15) is 0 Å². The maximum absolute atomic E-state index is 12.7. The van der Waals surface area contributed by atoms with E-state index in [0.717, 1.165) is 28.9 Å². The summed E-state index contributed by atoms with van der Waals surface area (Å²) >= 11 is 0. The van der Waals surface area contributed by atoms with Gasteiger partial charge in [0.1, 0.15) is 5.75 Å². The van der Waals surface area contributed by atoms with Gasteiger partial charge in [-0.3, -0.25) is 9.69 Å². The lowest BCUT2D eigenvalue weighted by molar-refractivity contribution is -0.142. The Bertz CT molecular complexity index is 843. The number of hydrogen-bond donors (Lipinski definition) is 0. The first-order valence-corrected chi connectivity index (χ1v) is 8.48. The first kappa shape index (κ1) is 15.7. The molecule has 0 aliphatic carbocycles. The molecule has 0 aromatic heterocycles. The van der Waals surface area contributed by atoms with Gasteiger partial charge in [0.25, 0.3) is 5.91 Å². The fraction of sp³-hybridized carbons (Fsp3) is 0.300. The summed E-state index contributed by atoms with van der Waals surface area (Å²) in [5.41, 5.74) is 4.27. The van der Waals surface area contributed by atoms with Crippen molar-refractivity contribution in [3.05, 3.63) is 64.7 Å². The smallest absolute Gasteiger partial charge is 0.272 e. The number of hydrogen-bond acceptors (Lipinski definition) is 4. The largest absolute Gasteiger partial charge is 0.493 e. The zero-order chi connectivity index (χ0) is 17.4. The van der Waals surface area contributed by atoms with Crippen molar-refractivity contribution < 1.29 is 14.4 Å². The molecule has 0 radical (unpaired) electrons. The Morgan fingerprint density at radius 2 is 2.00 bits per heavy atom. The molecular weight excluding hydrogens is 316 g/mol. The second-order valence-corrected chi connectivity index (χ2v) is 6.49. The highest BCUT2D eigenvalue weighted by molar-refractivity contribution is 6.09. The van der Waals surface area contributed by atoms with Crippen LogP contribution in [0.15, 0.2) is 47.6 Å². The second kappa shape index (κ2) is 6.24. The number of ether oxygens (including phenoxy) is 1. The predicted molar refractivity (Wildman–Crippen MR) is 94.5 cm³/mol. The number of oxime groups is 1. The van der Waals surface area contributed by atoms with E-state index in [1.165, 1.54) is 5.56 Å². The van der Waals surface area contributed by atoms with Crippen LogP contribution in [0.2, 0.25) is 0 Å². The molecule has 2 aliphatic heterocycles. The number of rotatable bonds is 3. The fourth-order valence-electron chi connectivity index (χ4n) is 3.11. The number of aryl methyl sites for hydroxylation is 1. The van der Waals surface area contributed by atoms with Crippen molar-refractivity contribution in [2.75, 3.05) is 6.61 Å². The minimum Gasteiger partial charge on any atom is -0.493 e. The monoisotopic (exact) mass is 336 g/mol. The molecule has 2 aliphatic rings. The predicted octanol–water partition coefficient (Wildman–Crippen LogP) is 3.04. The van der Waals surface area contributed by atoms with Crippen molar-refractivity contribution in [1.29, 1.82) is 0 Å². The van der Waals surface area contributed by atoms with Crippen molar-refractivity contribution in [3.63, 3.8) is 0 Å². The van der Waals surface area contributed by atoms with Gasteiger partial charge in [0.05, 0.1) is 13.2 Å². The molecule has 2 aromatic rings. The first-order chi connectivity index (χ1) is 12.1. The van der Waals surface area contributed by atoms with Crippen LogP contribution < -0.4 is 4.74 Å². The fourth-order valence-corrected chi connectivity index (χ4v) is 3.11. The molecule has 25 heavy (non-hydrogen) atoms. The normalized spacial score (nSPS) is 19.1. The van der Waals surface area contributed by atoms with Crippen molar-refractivity contribution in [1.82, 2.24) is 4.90 Å². The summed E-state index contributed by atoms with van der Waals surface area (Å²) in [6.45, 7) is 4.94. The minimum atomic E-state index is -0.577. The topological polar surface area (TPSA) is 51.1 Å². The highest BCUT2D eigenvalue weighted by Crippen LogP contribution is 2.28. The molecule has 0 bridgehead atoms. The van der Waals surface area contributed by atoms with Gasteiger partial charge in [0, 0.05) is 12.0 Å². The Morgan fingerprint density at radius 1 is 1.20 bits per heavy atom. The van der Waals surface area contributed by atoms with Crippen LogP contribution in [0.1, 0.15) is 29.2 Å². The summed E-state index contributed by atoms with van der Waals surface area (Å²) in [5.74, 6) is 1.38. The third-order valence-corrected chi connectivity index (χ3v) is 4.58. The Morgan fingerprint density at radius 3 is 2.80 bits per heavy atom. The molecule has 5 heteroatoms. The molecule has 2 heterocycles. The van der Waals surface area contributed by atoms with Gasteiger partial charge in [-0.1, -0.05) is 35.0 Å². The van der Waals surface area contributed by atoms with E-state index in [0.29, 0.717) is 19.0 Å². The average molecular weight is 336 g/mol. The lowest BCUT2D eigenvalue weighted by atomic mass is 10.1. The Hall–Kier alpha value is -2.82. The average Bonchev–Trinajstić information content (AvgIpc) is 3.08. The van der Waals surface area contributed by atoms with Crippen LogP contribution in [-0.4, -0.2) is 29.4 Å². The van der Waals surface area contributed by atoms with Crippen molar-refractivity contribution in [2.45, 2.75) is 32.9 Å². The van der Waals surface area contributed by atoms with E-state index in [-0.39, 0.29) is 5.91 Å². The number of carbonyl (C=O) groups is 1. The van der Waals surface area contributed by atoms with Crippen LogP contribution in [0.25, 0.3) is 0 Å². The molecule has 1 unspecified atom stereocenters. The molecule has 0 saturated carbocycles. The van der Waals surface area contributed by atoms with Gasteiger partial charge >= 0.3 is 0 Å². The van der Waals surface area contributed by atoms with Crippen LogP contribution >= 0.6 is 0 Å². The van der Waals surface area contributed by atoms with E-state index in [9.17, 15) is 4.79 Å². The molecule has 4 rings (SSSR count). The highest BCUT2D eigenvalue weighted by atomic mass is 16.6. The summed E-state index contributed by atoms with van der Waals surface area (Å²) in [6, 6.07) is 14.1. The molecule has 0 fully saturated rings. The molecular formula is C20H20N2O3. The maximum atomic E-state index is 12.7. The molecule has 2 aromatic carbocycles. The molecule has 1 atom stereocenters. The van der Waals surface area contributed by atoms with E-state index in [1.807, 2.05) is 49.4 Å². The van der Waals surface area contributed by atoms with E-state index in [4.69, 9.17) is 9.57 Å². The maximum Gasteiger partial charge on any atom is 0.272 e. The van der Waals surface area contributed by atoms with Crippen molar-refractivity contribution >= 4 is 11.7 Å². The SMILES string of the molecule is Cc1ccc(CN2C(=O)C(C)ON=C2c2ccc3c(c2)CCO3)cc1. The molecule has 0 spiro atoms. The Labute approximate surface area is 146 Å². The molecule has 128 valence electrons. The lowest BCUT2D eigenvalue weighted by Crippen LogP contribution is -2.46. The molecule has 1 amide bonds. The third kappa shape index (κ3) is 2.97. The van der Waals surface area contributed by atoms with E-state index in [2.05, 4.69) is 5.16 Å². The van der Waals surface area contributed by atoms with Gasteiger partial charge in [-0.15, -0.1) is 0 Å².